The maximum Gasteiger partial charge on any atom is 0.135 e. The molecule has 2 N–H and O–H groups in total. The van der Waals surface area contributed by atoms with E-state index in [0.717, 1.165) is 38.5 Å². The van der Waals surface area contributed by atoms with Crippen LogP contribution in [0.2, 0.25) is 0 Å². The molecule has 1 aromatic heterocycles. The molecule has 0 radical (unpaired) electrons. The molecule has 0 saturated carbocycles. The number of carbonyl (C=O) groups excluding carboxylic acids is 1. The summed E-state index contributed by atoms with van der Waals surface area (Å²) in [6, 6.07) is 4.22. The lowest BCUT2D eigenvalue weighted by molar-refractivity contribution is -0.123. The number of nitrogens with two attached hydrogens (primary N) is 1. The first-order valence-electron chi connectivity index (χ1n) is 8.16. The summed E-state index contributed by atoms with van der Waals surface area (Å²) in [4.78, 5) is 15.5. The van der Waals surface area contributed by atoms with Crippen molar-refractivity contribution in [1.29, 1.82) is 0 Å². The van der Waals surface area contributed by atoms with Crippen molar-refractivity contribution in [2.45, 2.75) is 72.3 Å². The Morgan fingerprint density at radius 1 is 1.24 bits per heavy atom. The van der Waals surface area contributed by atoms with E-state index in [1.807, 2.05) is 26.0 Å². The molecular weight excluding hydrogens is 260 g/mol. The lowest BCUT2D eigenvalue weighted by atomic mass is 9.92. The molecule has 0 aromatic carbocycles. The molecule has 3 nitrogen and oxygen atoms in total. The van der Waals surface area contributed by atoms with E-state index < -0.39 is 0 Å². The van der Waals surface area contributed by atoms with Gasteiger partial charge < -0.3 is 5.73 Å². The molecule has 1 heterocycles. The standard InChI is InChI=1S/C12H25NO.C6H7N/c1-4-7-12(14)11(5-2)9-6-8-10(3)13;1-6-2-4-7-5-3-6/h10-11H,4-9,13H2,1-3H3;2-5H,1H3. The Morgan fingerprint density at radius 2 is 1.86 bits per heavy atom. The normalized spacial score (nSPS) is 13.0. The molecule has 0 aliphatic rings. The lowest BCUT2D eigenvalue weighted by Gasteiger charge is -2.13. The quantitative estimate of drug-likeness (QED) is 0.777. The third-order valence-electron chi connectivity index (χ3n) is 3.50. The monoisotopic (exact) mass is 292 g/mol. The number of hydrogen-bond donors (Lipinski definition) is 1. The zero-order chi connectivity index (χ0) is 16.1. The van der Waals surface area contributed by atoms with Gasteiger partial charge >= 0.3 is 0 Å². The smallest absolute Gasteiger partial charge is 0.135 e. The Labute approximate surface area is 130 Å². The molecule has 2 unspecified atom stereocenters. The minimum atomic E-state index is 0.272. The number of pyridine rings is 1. The van der Waals surface area contributed by atoms with E-state index in [-0.39, 0.29) is 12.0 Å². The molecule has 1 rings (SSSR count). The number of aromatic nitrogens is 1. The van der Waals surface area contributed by atoms with Gasteiger partial charge in [0, 0.05) is 30.8 Å². The van der Waals surface area contributed by atoms with Gasteiger partial charge in [-0.05, 0) is 57.2 Å². The average Bonchev–Trinajstić information content (AvgIpc) is 2.45. The third kappa shape index (κ3) is 11.1. The highest BCUT2D eigenvalue weighted by atomic mass is 16.1. The zero-order valence-electron chi connectivity index (χ0n) is 14.1. The van der Waals surface area contributed by atoms with E-state index in [9.17, 15) is 4.79 Å². The predicted molar refractivity (Wildman–Crippen MR) is 90.2 cm³/mol. The third-order valence-corrected chi connectivity index (χ3v) is 3.50. The van der Waals surface area contributed by atoms with Gasteiger partial charge in [0.05, 0.1) is 0 Å². The molecule has 0 aliphatic carbocycles. The average molecular weight is 292 g/mol. The Bertz CT molecular complexity index is 363. The summed E-state index contributed by atoms with van der Waals surface area (Å²) < 4.78 is 0. The summed E-state index contributed by atoms with van der Waals surface area (Å²) in [6.07, 6.45) is 9.43. The van der Waals surface area contributed by atoms with Gasteiger partial charge in [0.25, 0.3) is 0 Å². The number of aryl methyl sites for hydroxylation is 1. The fraction of sp³-hybridized carbons (Fsp3) is 0.667. The van der Waals surface area contributed by atoms with E-state index in [4.69, 9.17) is 5.73 Å². The highest BCUT2D eigenvalue weighted by Crippen LogP contribution is 2.16. The van der Waals surface area contributed by atoms with E-state index in [2.05, 4.69) is 18.8 Å². The number of Topliss-reactive ketones (excluding diaryl/α,β-unsaturated/α-hetero) is 1. The maximum absolute atomic E-state index is 11.6. The molecule has 1 aromatic rings. The summed E-state index contributed by atoms with van der Waals surface area (Å²) in [6.45, 7) is 8.23. The molecule has 3 heteroatoms. The van der Waals surface area contributed by atoms with Crippen molar-refractivity contribution < 1.29 is 4.79 Å². The van der Waals surface area contributed by atoms with Crippen LogP contribution in [-0.2, 0) is 4.79 Å². The molecule has 120 valence electrons. The first kappa shape index (κ1) is 19.8. The first-order valence-corrected chi connectivity index (χ1v) is 8.16. The van der Waals surface area contributed by atoms with Gasteiger partial charge in [-0.3, -0.25) is 9.78 Å². The van der Waals surface area contributed by atoms with Crippen LogP contribution in [0.4, 0.5) is 0 Å². The summed E-state index contributed by atoms with van der Waals surface area (Å²) in [5, 5.41) is 0. The van der Waals surface area contributed by atoms with E-state index in [0.29, 0.717) is 5.78 Å². The Hall–Kier alpha value is -1.22. The van der Waals surface area contributed by atoms with Crippen LogP contribution < -0.4 is 5.73 Å². The van der Waals surface area contributed by atoms with Crippen LogP contribution in [0.3, 0.4) is 0 Å². The largest absolute Gasteiger partial charge is 0.328 e. The van der Waals surface area contributed by atoms with Crippen LogP contribution in [-0.4, -0.2) is 16.8 Å². The van der Waals surface area contributed by atoms with Gasteiger partial charge in [0.2, 0.25) is 0 Å². The fourth-order valence-corrected chi connectivity index (χ4v) is 2.16. The van der Waals surface area contributed by atoms with Gasteiger partial charge in [-0.1, -0.05) is 20.3 Å². The van der Waals surface area contributed by atoms with Crippen molar-refractivity contribution in [1.82, 2.24) is 4.98 Å². The van der Waals surface area contributed by atoms with Gasteiger partial charge in [-0.15, -0.1) is 0 Å². The molecule has 0 aliphatic heterocycles. The molecular formula is C18H32N2O. The fourth-order valence-electron chi connectivity index (χ4n) is 2.16. The molecule has 0 bridgehead atoms. The van der Waals surface area contributed by atoms with Crippen molar-refractivity contribution in [2.24, 2.45) is 11.7 Å². The maximum atomic E-state index is 11.6. The number of carbonyl (C=O) groups is 1. The van der Waals surface area contributed by atoms with Crippen LogP contribution >= 0.6 is 0 Å². The minimum absolute atomic E-state index is 0.272. The second-order valence-electron chi connectivity index (χ2n) is 5.75. The highest BCUT2D eigenvalue weighted by Gasteiger charge is 2.14. The second-order valence-corrected chi connectivity index (χ2v) is 5.75. The summed E-state index contributed by atoms with van der Waals surface area (Å²) in [5.74, 6) is 0.730. The molecule has 0 saturated heterocycles. The molecule has 2 atom stereocenters. The number of rotatable bonds is 8. The van der Waals surface area contributed by atoms with Crippen LogP contribution in [0.1, 0.15) is 64.9 Å². The van der Waals surface area contributed by atoms with Crippen molar-refractivity contribution in [3.63, 3.8) is 0 Å². The number of hydrogen-bond acceptors (Lipinski definition) is 3. The van der Waals surface area contributed by atoms with Crippen LogP contribution in [0, 0.1) is 12.8 Å². The summed E-state index contributed by atoms with van der Waals surface area (Å²) in [5.41, 5.74) is 6.93. The van der Waals surface area contributed by atoms with Crippen LogP contribution in [0.5, 0.6) is 0 Å². The van der Waals surface area contributed by atoms with Gasteiger partial charge in [-0.2, -0.15) is 0 Å². The van der Waals surface area contributed by atoms with E-state index in [1.165, 1.54) is 5.56 Å². The molecule has 0 amide bonds. The number of ketones is 1. The Kier molecular flexibility index (Phi) is 11.8. The van der Waals surface area contributed by atoms with Crippen molar-refractivity contribution in [3.05, 3.63) is 30.1 Å². The minimum Gasteiger partial charge on any atom is -0.328 e. The first-order chi connectivity index (χ1) is 10.0. The lowest BCUT2D eigenvalue weighted by Crippen LogP contribution is -2.17. The van der Waals surface area contributed by atoms with E-state index >= 15 is 0 Å². The molecule has 21 heavy (non-hydrogen) atoms. The van der Waals surface area contributed by atoms with Gasteiger partial charge in [0.15, 0.2) is 0 Å². The number of nitrogens with zero attached hydrogens (tertiary/aromatic N) is 1. The summed E-state index contributed by atoms with van der Waals surface area (Å²) in [7, 11) is 0. The van der Waals surface area contributed by atoms with Crippen LogP contribution in [0.15, 0.2) is 24.5 Å². The van der Waals surface area contributed by atoms with Crippen molar-refractivity contribution in [3.8, 4) is 0 Å². The SMILES string of the molecule is CCCC(=O)C(CC)CCCC(C)N.Cc1ccncc1. The Morgan fingerprint density at radius 3 is 2.24 bits per heavy atom. The zero-order valence-corrected chi connectivity index (χ0v) is 14.1. The van der Waals surface area contributed by atoms with Gasteiger partial charge in [-0.25, -0.2) is 0 Å². The highest BCUT2D eigenvalue weighted by molar-refractivity contribution is 5.80. The topological polar surface area (TPSA) is 56.0 Å². The Balaban J connectivity index is 0.000000471. The van der Waals surface area contributed by atoms with Crippen molar-refractivity contribution in [2.75, 3.05) is 0 Å². The van der Waals surface area contributed by atoms with Crippen LogP contribution in [0.25, 0.3) is 0 Å². The molecule has 0 spiro atoms. The van der Waals surface area contributed by atoms with Gasteiger partial charge in [0.1, 0.15) is 5.78 Å². The predicted octanol–water partition coefficient (Wildman–Crippen LogP) is 4.29. The van der Waals surface area contributed by atoms with E-state index in [1.54, 1.807) is 12.4 Å². The second kappa shape index (κ2) is 12.5. The summed E-state index contributed by atoms with van der Waals surface area (Å²) >= 11 is 0. The van der Waals surface area contributed by atoms with Crippen molar-refractivity contribution >= 4 is 5.78 Å². The molecule has 0 fully saturated rings.